The monoisotopic (exact) mass is 256 g/mol. The van der Waals surface area contributed by atoms with Crippen LogP contribution in [0, 0.1) is 0 Å². The van der Waals surface area contributed by atoms with Crippen LogP contribution >= 0.6 is 0 Å². The van der Waals surface area contributed by atoms with E-state index in [1.807, 2.05) is 0 Å². The van der Waals surface area contributed by atoms with Gasteiger partial charge in [0.05, 0.1) is 6.04 Å². The highest BCUT2D eigenvalue weighted by molar-refractivity contribution is 5.58. The van der Waals surface area contributed by atoms with Gasteiger partial charge < -0.3 is 14.8 Å². The molecule has 1 aliphatic heterocycles. The number of halogens is 2. The van der Waals surface area contributed by atoms with Crippen molar-refractivity contribution in [1.29, 1.82) is 0 Å². The number of carbonyl (C=O) groups is 1. The second-order valence-electron chi connectivity index (χ2n) is 4.04. The Labute approximate surface area is 103 Å². The smallest absolute Gasteiger partial charge is 0.387 e. The molecule has 0 aliphatic carbocycles. The number of carbonyl (C=O) groups excluding carboxylic acids is 1. The van der Waals surface area contributed by atoms with Crippen molar-refractivity contribution in [3.63, 3.8) is 0 Å². The van der Waals surface area contributed by atoms with Crippen molar-refractivity contribution < 1.29 is 18.3 Å². The maximum atomic E-state index is 12.3. The van der Waals surface area contributed by atoms with Crippen molar-refractivity contribution in [2.45, 2.75) is 18.7 Å². The number of alkyl halides is 2. The molecule has 1 heterocycles. The molecule has 98 valence electrons. The van der Waals surface area contributed by atoms with E-state index in [1.165, 1.54) is 6.07 Å². The highest BCUT2D eigenvalue weighted by Crippen LogP contribution is 2.27. The van der Waals surface area contributed by atoms with Crippen LogP contribution in [0.25, 0.3) is 0 Å². The molecule has 0 amide bonds. The Morgan fingerprint density at radius 2 is 2.11 bits per heavy atom. The number of hydrogen-bond acceptors (Lipinski definition) is 4. The van der Waals surface area contributed by atoms with Crippen LogP contribution in [0.1, 0.15) is 11.6 Å². The zero-order chi connectivity index (χ0) is 13.0. The second kappa shape index (κ2) is 5.88. The van der Waals surface area contributed by atoms with Crippen molar-refractivity contribution in [3.8, 4) is 5.75 Å². The number of para-hydroxylation sites is 1. The zero-order valence-corrected chi connectivity index (χ0v) is 9.61. The number of piperazine rings is 1. The topological polar surface area (TPSA) is 50.4 Å². The summed E-state index contributed by atoms with van der Waals surface area (Å²) >= 11 is 0. The third kappa shape index (κ3) is 3.02. The van der Waals surface area contributed by atoms with Crippen LogP contribution in [0.5, 0.6) is 5.75 Å². The van der Waals surface area contributed by atoms with E-state index in [0.717, 1.165) is 6.29 Å². The number of hydrogen-bond donors (Lipinski definition) is 2. The van der Waals surface area contributed by atoms with Gasteiger partial charge in [0.25, 0.3) is 0 Å². The van der Waals surface area contributed by atoms with E-state index in [1.54, 1.807) is 18.2 Å². The van der Waals surface area contributed by atoms with Gasteiger partial charge >= 0.3 is 6.61 Å². The normalized spacial score (nSPS) is 23.9. The number of ether oxygens (including phenoxy) is 1. The Morgan fingerprint density at radius 3 is 2.83 bits per heavy atom. The van der Waals surface area contributed by atoms with Gasteiger partial charge in [0, 0.05) is 24.7 Å². The van der Waals surface area contributed by atoms with Gasteiger partial charge in [0.1, 0.15) is 12.0 Å². The molecule has 1 aliphatic rings. The van der Waals surface area contributed by atoms with Crippen LogP contribution < -0.4 is 15.4 Å². The van der Waals surface area contributed by atoms with Crippen molar-refractivity contribution in [1.82, 2.24) is 10.6 Å². The molecule has 0 bridgehead atoms. The summed E-state index contributed by atoms with van der Waals surface area (Å²) in [6.45, 7) is -1.75. The molecule has 6 heteroatoms. The fraction of sp³-hybridized carbons (Fsp3) is 0.417. The van der Waals surface area contributed by atoms with Gasteiger partial charge in [-0.25, -0.2) is 0 Å². The molecular weight excluding hydrogens is 242 g/mol. The highest BCUT2D eigenvalue weighted by atomic mass is 19.3. The number of benzene rings is 1. The van der Waals surface area contributed by atoms with Gasteiger partial charge in [-0.1, -0.05) is 18.2 Å². The van der Waals surface area contributed by atoms with E-state index in [4.69, 9.17) is 0 Å². The molecule has 1 fully saturated rings. The Kier molecular flexibility index (Phi) is 4.22. The third-order valence-corrected chi connectivity index (χ3v) is 2.80. The van der Waals surface area contributed by atoms with Gasteiger partial charge in [-0.2, -0.15) is 8.78 Å². The van der Waals surface area contributed by atoms with E-state index in [2.05, 4.69) is 15.4 Å². The Balaban J connectivity index is 2.18. The molecule has 1 aromatic carbocycles. The van der Waals surface area contributed by atoms with Crippen LogP contribution in [-0.2, 0) is 4.79 Å². The van der Waals surface area contributed by atoms with E-state index in [9.17, 15) is 13.6 Å². The summed E-state index contributed by atoms with van der Waals surface area (Å²) < 4.78 is 29.1. The lowest BCUT2D eigenvalue weighted by Crippen LogP contribution is -2.51. The van der Waals surface area contributed by atoms with Crippen molar-refractivity contribution in [3.05, 3.63) is 29.8 Å². The van der Waals surface area contributed by atoms with Gasteiger partial charge in [-0.15, -0.1) is 0 Å². The molecule has 2 atom stereocenters. The molecule has 0 aromatic heterocycles. The largest absolute Gasteiger partial charge is 0.434 e. The summed E-state index contributed by atoms with van der Waals surface area (Å²) in [6, 6.07) is 6.05. The first-order valence-corrected chi connectivity index (χ1v) is 5.66. The molecule has 0 radical (unpaired) electrons. The number of rotatable bonds is 4. The van der Waals surface area contributed by atoms with Gasteiger partial charge in [-0.3, -0.25) is 5.32 Å². The van der Waals surface area contributed by atoms with Crippen LogP contribution in [0.3, 0.4) is 0 Å². The van der Waals surface area contributed by atoms with Crippen LogP contribution in [0.2, 0.25) is 0 Å². The standard InChI is InChI=1S/C12H14F2N2O2/c13-12(14)18-11-4-2-1-3-9(11)10-6-15-5-8(7-17)16-10/h1-4,7-8,10,12,15-16H,5-6H2. The Morgan fingerprint density at radius 1 is 1.33 bits per heavy atom. The van der Waals surface area contributed by atoms with E-state index in [-0.39, 0.29) is 17.8 Å². The minimum Gasteiger partial charge on any atom is -0.434 e. The number of aldehydes is 1. The molecule has 4 nitrogen and oxygen atoms in total. The molecule has 2 rings (SSSR count). The Hall–Kier alpha value is -1.53. The lowest BCUT2D eigenvalue weighted by Gasteiger charge is -2.30. The first-order chi connectivity index (χ1) is 8.70. The SMILES string of the molecule is O=CC1CNCC(c2ccccc2OC(F)F)N1. The van der Waals surface area contributed by atoms with Crippen LogP contribution in [0.4, 0.5) is 8.78 Å². The molecule has 2 N–H and O–H groups in total. The predicted octanol–water partition coefficient (Wildman–Crippen LogP) is 1.09. The lowest BCUT2D eigenvalue weighted by molar-refractivity contribution is -0.110. The maximum Gasteiger partial charge on any atom is 0.387 e. The first kappa shape index (κ1) is 12.9. The van der Waals surface area contributed by atoms with Gasteiger partial charge in [0.2, 0.25) is 0 Å². The average Bonchev–Trinajstić information content (AvgIpc) is 2.39. The third-order valence-electron chi connectivity index (χ3n) is 2.80. The summed E-state index contributed by atoms with van der Waals surface area (Å²) in [5.41, 5.74) is 0.622. The molecule has 0 saturated carbocycles. The fourth-order valence-corrected chi connectivity index (χ4v) is 2.02. The second-order valence-corrected chi connectivity index (χ2v) is 4.04. The summed E-state index contributed by atoms with van der Waals surface area (Å²) in [5.74, 6) is 0.137. The lowest BCUT2D eigenvalue weighted by atomic mass is 10.0. The van der Waals surface area contributed by atoms with Gasteiger partial charge in [0.15, 0.2) is 0 Å². The van der Waals surface area contributed by atoms with Crippen molar-refractivity contribution in [2.24, 2.45) is 0 Å². The van der Waals surface area contributed by atoms with Gasteiger partial charge in [-0.05, 0) is 6.07 Å². The van der Waals surface area contributed by atoms with E-state index in [0.29, 0.717) is 18.7 Å². The molecule has 18 heavy (non-hydrogen) atoms. The predicted molar refractivity (Wildman–Crippen MR) is 61.7 cm³/mol. The summed E-state index contributed by atoms with van der Waals surface area (Å²) in [5, 5.41) is 6.16. The molecular formula is C12H14F2N2O2. The van der Waals surface area contributed by atoms with E-state index >= 15 is 0 Å². The molecule has 2 unspecified atom stereocenters. The average molecular weight is 256 g/mol. The molecule has 0 spiro atoms. The number of nitrogens with one attached hydrogen (secondary N) is 2. The summed E-state index contributed by atoms with van der Waals surface area (Å²) in [4.78, 5) is 10.7. The summed E-state index contributed by atoms with van der Waals surface area (Å²) in [7, 11) is 0. The molecule has 1 saturated heterocycles. The zero-order valence-electron chi connectivity index (χ0n) is 9.61. The van der Waals surface area contributed by atoms with Crippen LogP contribution in [0.15, 0.2) is 24.3 Å². The Bertz CT molecular complexity index is 415. The quantitative estimate of drug-likeness (QED) is 0.792. The van der Waals surface area contributed by atoms with Crippen molar-refractivity contribution >= 4 is 6.29 Å². The van der Waals surface area contributed by atoms with Crippen LogP contribution in [-0.4, -0.2) is 32.0 Å². The van der Waals surface area contributed by atoms with E-state index < -0.39 is 6.61 Å². The molecule has 1 aromatic rings. The van der Waals surface area contributed by atoms with Crippen molar-refractivity contribution in [2.75, 3.05) is 13.1 Å². The minimum absolute atomic E-state index is 0.137. The minimum atomic E-state index is -2.86. The fourth-order valence-electron chi connectivity index (χ4n) is 2.02. The first-order valence-electron chi connectivity index (χ1n) is 5.66. The maximum absolute atomic E-state index is 12.3. The summed E-state index contributed by atoms with van der Waals surface area (Å²) in [6.07, 6.45) is 0.801. The highest BCUT2D eigenvalue weighted by Gasteiger charge is 2.24.